The van der Waals surface area contributed by atoms with Crippen molar-refractivity contribution in [2.24, 2.45) is 0 Å². The van der Waals surface area contributed by atoms with E-state index in [1.807, 2.05) is 38.1 Å². The Bertz CT molecular complexity index is 1220. The number of hydrogen-bond donors (Lipinski definition) is 1. The second kappa shape index (κ2) is 7.61. The average molecular weight is 438 g/mol. The van der Waals surface area contributed by atoms with E-state index < -0.39 is 0 Å². The molecule has 0 aliphatic carbocycles. The van der Waals surface area contributed by atoms with Crippen LogP contribution in [0, 0.1) is 6.92 Å². The molecule has 1 aliphatic heterocycles. The topological polar surface area (TPSA) is 63.1 Å². The standard InChI is InChI=1S/C22H23N5OS2/c1-4-27-16(11-13(2)25-27)20(28)24-22-19(14-9-10-26(3)12-18(14)30-22)21-23-15-7-5-6-8-17(15)29-21/h5-8,11H,4,9-10,12H2,1-3H3,(H,24,28). The predicted octanol–water partition coefficient (Wildman–Crippen LogP) is 4.79. The molecule has 0 fully saturated rings. The molecule has 4 aromatic rings. The second-order valence-corrected chi connectivity index (χ2v) is 9.76. The Hall–Kier alpha value is -2.55. The number of aryl methyl sites for hydroxylation is 2. The van der Waals surface area contributed by atoms with Gasteiger partial charge in [0.05, 0.1) is 15.9 Å². The van der Waals surface area contributed by atoms with Gasteiger partial charge < -0.3 is 10.2 Å². The van der Waals surface area contributed by atoms with Gasteiger partial charge in [-0.25, -0.2) is 4.98 Å². The van der Waals surface area contributed by atoms with Crippen LogP contribution in [0.1, 0.15) is 33.5 Å². The van der Waals surface area contributed by atoms with Crippen molar-refractivity contribution in [3.63, 3.8) is 0 Å². The first-order valence-electron chi connectivity index (χ1n) is 10.1. The van der Waals surface area contributed by atoms with Crippen molar-refractivity contribution in [3.05, 3.63) is 52.2 Å². The normalized spacial score (nSPS) is 14.2. The number of rotatable bonds is 4. The first kappa shape index (κ1) is 19.4. The molecule has 0 atom stereocenters. The van der Waals surface area contributed by atoms with Crippen LogP contribution in [-0.4, -0.2) is 39.2 Å². The van der Waals surface area contributed by atoms with Gasteiger partial charge in [-0.15, -0.1) is 22.7 Å². The van der Waals surface area contributed by atoms with Crippen molar-refractivity contribution in [2.45, 2.75) is 33.4 Å². The first-order valence-corrected chi connectivity index (χ1v) is 11.7. The fourth-order valence-corrected chi connectivity index (χ4v) is 6.39. The molecule has 0 saturated carbocycles. The van der Waals surface area contributed by atoms with Gasteiger partial charge in [0.2, 0.25) is 0 Å². The number of nitrogens with one attached hydrogen (secondary N) is 1. The molecule has 6 nitrogen and oxygen atoms in total. The highest BCUT2D eigenvalue weighted by Gasteiger charge is 2.27. The van der Waals surface area contributed by atoms with Gasteiger partial charge in [-0.1, -0.05) is 12.1 Å². The number of para-hydroxylation sites is 1. The van der Waals surface area contributed by atoms with Crippen LogP contribution < -0.4 is 5.32 Å². The van der Waals surface area contributed by atoms with E-state index in [1.165, 1.54) is 10.4 Å². The molecule has 0 unspecified atom stereocenters. The fraction of sp³-hybridized carbons (Fsp3) is 0.318. The number of hydrogen-bond acceptors (Lipinski definition) is 6. The monoisotopic (exact) mass is 437 g/mol. The Morgan fingerprint density at radius 1 is 1.27 bits per heavy atom. The molecule has 0 saturated heterocycles. The highest BCUT2D eigenvalue weighted by Crippen LogP contribution is 2.45. The van der Waals surface area contributed by atoms with Crippen molar-refractivity contribution in [1.82, 2.24) is 19.7 Å². The number of anilines is 1. The number of thiophene rings is 1. The summed E-state index contributed by atoms with van der Waals surface area (Å²) < 4.78 is 2.92. The van der Waals surface area contributed by atoms with Crippen LogP contribution in [0.5, 0.6) is 0 Å². The maximum absolute atomic E-state index is 13.1. The lowest BCUT2D eigenvalue weighted by atomic mass is 10.0. The Morgan fingerprint density at radius 3 is 2.90 bits per heavy atom. The number of carbonyl (C=O) groups excluding carboxylic acids is 1. The predicted molar refractivity (Wildman–Crippen MR) is 124 cm³/mol. The van der Waals surface area contributed by atoms with Gasteiger partial charge >= 0.3 is 0 Å². The van der Waals surface area contributed by atoms with Gasteiger partial charge in [-0.3, -0.25) is 9.48 Å². The number of likely N-dealkylation sites (N-methyl/N-ethyl adjacent to an activating group) is 1. The van der Waals surface area contributed by atoms with E-state index in [4.69, 9.17) is 4.98 Å². The quantitative estimate of drug-likeness (QED) is 0.499. The second-order valence-electron chi connectivity index (χ2n) is 7.62. The fourth-order valence-electron chi connectivity index (χ4n) is 3.96. The van der Waals surface area contributed by atoms with Crippen LogP contribution in [0.3, 0.4) is 0 Å². The summed E-state index contributed by atoms with van der Waals surface area (Å²) in [6.45, 7) is 6.48. The molecular formula is C22H23N5OS2. The largest absolute Gasteiger partial charge is 0.312 e. The number of aromatic nitrogens is 3. The Morgan fingerprint density at radius 2 is 2.10 bits per heavy atom. The maximum atomic E-state index is 13.1. The van der Waals surface area contributed by atoms with Crippen LogP contribution in [0.25, 0.3) is 20.8 Å². The highest BCUT2D eigenvalue weighted by atomic mass is 32.1. The molecule has 8 heteroatoms. The van der Waals surface area contributed by atoms with Gasteiger partial charge in [-0.05, 0) is 51.1 Å². The molecule has 4 heterocycles. The zero-order valence-electron chi connectivity index (χ0n) is 17.2. The van der Waals surface area contributed by atoms with E-state index in [0.29, 0.717) is 12.2 Å². The van der Waals surface area contributed by atoms with Crippen molar-refractivity contribution in [3.8, 4) is 10.6 Å². The van der Waals surface area contributed by atoms with E-state index in [1.54, 1.807) is 27.4 Å². The minimum atomic E-state index is -0.119. The van der Waals surface area contributed by atoms with Gasteiger partial charge in [0, 0.05) is 30.1 Å². The molecule has 5 rings (SSSR count). The van der Waals surface area contributed by atoms with Crippen molar-refractivity contribution in [2.75, 3.05) is 18.9 Å². The van der Waals surface area contributed by atoms with Gasteiger partial charge in [0.25, 0.3) is 5.91 Å². The van der Waals surface area contributed by atoms with Crippen molar-refractivity contribution >= 4 is 43.8 Å². The molecule has 1 aromatic carbocycles. The lowest BCUT2D eigenvalue weighted by Gasteiger charge is -2.22. The molecule has 30 heavy (non-hydrogen) atoms. The van der Waals surface area contributed by atoms with Crippen LogP contribution in [0.15, 0.2) is 30.3 Å². The molecule has 1 N–H and O–H groups in total. The number of benzene rings is 1. The van der Waals surface area contributed by atoms with E-state index >= 15 is 0 Å². The number of nitrogens with zero attached hydrogens (tertiary/aromatic N) is 4. The molecule has 1 aliphatic rings. The molecule has 154 valence electrons. The Kier molecular flexibility index (Phi) is 4.92. The number of thiazole rings is 1. The molecule has 1 amide bonds. The molecule has 0 spiro atoms. The summed E-state index contributed by atoms with van der Waals surface area (Å²) in [5.41, 5.74) is 4.86. The maximum Gasteiger partial charge on any atom is 0.274 e. The van der Waals surface area contributed by atoms with Crippen molar-refractivity contribution in [1.29, 1.82) is 0 Å². The third kappa shape index (κ3) is 3.34. The molecule has 3 aromatic heterocycles. The van der Waals surface area contributed by atoms with E-state index in [-0.39, 0.29) is 5.91 Å². The van der Waals surface area contributed by atoms with Crippen molar-refractivity contribution < 1.29 is 4.79 Å². The summed E-state index contributed by atoms with van der Waals surface area (Å²) in [5.74, 6) is -0.119. The number of carbonyl (C=O) groups is 1. The lowest BCUT2D eigenvalue weighted by molar-refractivity contribution is 0.101. The third-order valence-corrected chi connectivity index (χ3v) is 7.60. The third-order valence-electron chi connectivity index (χ3n) is 5.42. The van der Waals surface area contributed by atoms with Crippen LogP contribution in [0.2, 0.25) is 0 Å². The summed E-state index contributed by atoms with van der Waals surface area (Å²) in [5, 5.41) is 9.49. The van der Waals surface area contributed by atoms with E-state index in [9.17, 15) is 4.79 Å². The number of amides is 1. The van der Waals surface area contributed by atoms with E-state index in [2.05, 4.69) is 28.4 Å². The van der Waals surface area contributed by atoms with Crippen LogP contribution >= 0.6 is 22.7 Å². The first-order chi connectivity index (χ1) is 14.5. The summed E-state index contributed by atoms with van der Waals surface area (Å²) >= 11 is 3.37. The zero-order chi connectivity index (χ0) is 20.8. The van der Waals surface area contributed by atoms with E-state index in [0.717, 1.165) is 51.0 Å². The number of fused-ring (bicyclic) bond motifs is 2. The van der Waals surface area contributed by atoms with Gasteiger partial charge in [0.1, 0.15) is 15.7 Å². The minimum absolute atomic E-state index is 0.119. The molecular weight excluding hydrogens is 414 g/mol. The van der Waals surface area contributed by atoms with Crippen LogP contribution in [0.4, 0.5) is 5.00 Å². The summed E-state index contributed by atoms with van der Waals surface area (Å²) in [6.07, 6.45) is 0.968. The lowest BCUT2D eigenvalue weighted by Crippen LogP contribution is -2.25. The Labute approximate surface area is 183 Å². The highest BCUT2D eigenvalue weighted by molar-refractivity contribution is 7.22. The van der Waals surface area contributed by atoms with Gasteiger partial charge in [0.15, 0.2) is 0 Å². The summed E-state index contributed by atoms with van der Waals surface area (Å²) in [7, 11) is 2.14. The molecule has 0 radical (unpaired) electrons. The Balaban J connectivity index is 1.60. The van der Waals surface area contributed by atoms with Crippen LogP contribution in [-0.2, 0) is 19.5 Å². The summed E-state index contributed by atoms with van der Waals surface area (Å²) in [4.78, 5) is 21.7. The minimum Gasteiger partial charge on any atom is -0.312 e. The average Bonchev–Trinajstić information content (AvgIpc) is 3.41. The smallest absolute Gasteiger partial charge is 0.274 e. The summed E-state index contributed by atoms with van der Waals surface area (Å²) in [6, 6.07) is 10.0. The zero-order valence-corrected chi connectivity index (χ0v) is 18.9. The molecule has 0 bridgehead atoms. The SMILES string of the molecule is CCn1nc(C)cc1C(=O)Nc1sc2c(c1-c1nc3ccccc3s1)CCN(C)C2. The van der Waals surface area contributed by atoms with Gasteiger partial charge in [-0.2, -0.15) is 5.10 Å².